The third-order valence-electron chi connectivity index (χ3n) is 4.98. The molecule has 31 heavy (non-hydrogen) atoms. The van der Waals surface area contributed by atoms with Gasteiger partial charge in [0, 0.05) is 17.3 Å². The standard InChI is InChI=1S/C25H21N3O3/c1-15-12-16(2)23-19(13-15)20(14-22(28-23)21-6-4-5-11-26-21)24(29)27-18-9-7-17(8-10-18)25(30)31-3/h4-14H,1-3H3,(H,27,29). The van der Waals surface area contributed by atoms with Crippen LogP contribution >= 0.6 is 0 Å². The van der Waals surface area contributed by atoms with Gasteiger partial charge in [0.15, 0.2) is 0 Å². The number of ether oxygens (including phenoxy) is 1. The van der Waals surface area contributed by atoms with Gasteiger partial charge in [-0.15, -0.1) is 0 Å². The van der Waals surface area contributed by atoms with Crippen molar-refractivity contribution in [3.8, 4) is 11.4 Å². The summed E-state index contributed by atoms with van der Waals surface area (Å²) in [5, 5.41) is 3.69. The smallest absolute Gasteiger partial charge is 0.337 e. The Hall–Kier alpha value is -4.06. The number of fused-ring (bicyclic) bond motifs is 1. The van der Waals surface area contributed by atoms with Crippen molar-refractivity contribution >= 4 is 28.5 Å². The van der Waals surface area contributed by atoms with Crippen LogP contribution < -0.4 is 5.32 Å². The number of aryl methyl sites for hydroxylation is 2. The van der Waals surface area contributed by atoms with Gasteiger partial charge in [-0.25, -0.2) is 9.78 Å². The van der Waals surface area contributed by atoms with E-state index in [1.54, 1.807) is 36.5 Å². The maximum atomic E-state index is 13.3. The molecule has 4 rings (SSSR count). The van der Waals surface area contributed by atoms with Gasteiger partial charge in [-0.2, -0.15) is 0 Å². The van der Waals surface area contributed by atoms with Crippen LogP contribution in [-0.4, -0.2) is 29.0 Å². The molecule has 4 aromatic rings. The number of carbonyl (C=O) groups is 2. The summed E-state index contributed by atoms with van der Waals surface area (Å²) in [6.45, 7) is 3.98. The van der Waals surface area contributed by atoms with E-state index in [9.17, 15) is 9.59 Å². The van der Waals surface area contributed by atoms with E-state index in [1.165, 1.54) is 7.11 Å². The molecule has 0 unspecified atom stereocenters. The summed E-state index contributed by atoms with van der Waals surface area (Å²) in [4.78, 5) is 34.1. The molecule has 0 bridgehead atoms. The van der Waals surface area contributed by atoms with Crippen LogP contribution in [0.25, 0.3) is 22.3 Å². The summed E-state index contributed by atoms with van der Waals surface area (Å²) in [5.74, 6) is -0.690. The number of nitrogens with one attached hydrogen (secondary N) is 1. The molecule has 2 aromatic heterocycles. The van der Waals surface area contributed by atoms with E-state index in [1.807, 2.05) is 44.2 Å². The molecule has 0 radical (unpaired) electrons. The molecule has 0 aliphatic heterocycles. The van der Waals surface area contributed by atoms with E-state index in [2.05, 4.69) is 10.3 Å². The maximum Gasteiger partial charge on any atom is 0.337 e. The molecule has 2 aromatic carbocycles. The summed E-state index contributed by atoms with van der Waals surface area (Å²) in [7, 11) is 1.33. The minimum absolute atomic E-state index is 0.264. The van der Waals surface area contributed by atoms with Crippen molar-refractivity contribution in [1.82, 2.24) is 9.97 Å². The Balaban J connectivity index is 1.78. The third kappa shape index (κ3) is 4.14. The number of hydrogen-bond acceptors (Lipinski definition) is 5. The van der Waals surface area contributed by atoms with Gasteiger partial charge in [-0.3, -0.25) is 9.78 Å². The van der Waals surface area contributed by atoms with E-state index in [0.717, 1.165) is 22.0 Å². The van der Waals surface area contributed by atoms with E-state index >= 15 is 0 Å². The molecule has 0 saturated heterocycles. The molecule has 6 heteroatoms. The summed E-state index contributed by atoms with van der Waals surface area (Å²) in [6, 6.07) is 17.9. The number of pyridine rings is 2. The highest BCUT2D eigenvalue weighted by Gasteiger charge is 2.17. The van der Waals surface area contributed by atoms with E-state index < -0.39 is 5.97 Å². The molecule has 6 nitrogen and oxygen atoms in total. The first kappa shape index (κ1) is 20.2. The Kier molecular flexibility index (Phi) is 5.45. The number of aromatic nitrogens is 2. The van der Waals surface area contributed by atoms with Crippen LogP contribution in [0.1, 0.15) is 31.8 Å². The molecule has 0 aliphatic rings. The molecule has 0 spiro atoms. The van der Waals surface area contributed by atoms with Crippen LogP contribution in [-0.2, 0) is 4.74 Å². The molecular formula is C25H21N3O3. The number of anilines is 1. The van der Waals surface area contributed by atoms with Gasteiger partial charge in [0.25, 0.3) is 5.91 Å². The van der Waals surface area contributed by atoms with Crippen molar-refractivity contribution < 1.29 is 14.3 Å². The molecule has 0 saturated carbocycles. The third-order valence-corrected chi connectivity index (χ3v) is 4.98. The monoisotopic (exact) mass is 411 g/mol. The Bertz CT molecular complexity index is 1280. The Morgan fingerprint density at radius 1 is 0.935 bits per heavy atom. The highest BCUT2D eigenvalue weighted by molar-refractivity contribution is 6.13. The van der Waals surface area contributed by atoms with Crippen LogP contribution in [0, 0.1) is 13.8 Å². The van der Waals surface area contributed by atoms with Crippen molar-refractivity contribution in [2.75, 3.05) is 12.4 Å². The largest absolute Gasteiger partial charge is 0.465 e. The maximum absolute atomic E-state index is 13.3. The molecule has 0 aliphatic carbocycles. The molecule has 2 heterocycles. The number of methoxy groups -OCH3 is 1. The first-order valence-corrected chi connectivity index (χ1v) is 9.79. The second-order valence-corrected chi connectivity index (χ2v) is 7.27. The minimum Gasteiger partial charge on any atom is -0.465 e. The van der Waals surface area contributed by atoms with Crippen molar-refractivity contribution in [3.05, 3.63) is 89.1 Å². The Morgan fingerprint density at radius 3 is 2.39 bits per heavy atom. The van der Waals surface area contributed by atoms with Gasteiger partial charge in [0.1, 0.15) is 0 Å². The summed E-state index contributed by atoms with van der Waals surface area (Å²) in [6.07, 6.45) is 1.70. The van der Waals surface area contributed by atoms with Crippen molar-refractivity contribution in [1.29, 1.82) is 0 Å². The van der Waals surface area contributed by atoms with Gasteiger partial charge < -0.3 is 10.1 Å². The summed E-state index contributed by atoms with van der Waals surface area (Å²) in [5.41, 5.74) is 5.63. The predicted octanol–water partition coefficient (Wildman–Crippen LogP) is 4.95. The average molecular weight is 411 g/mol. The van der Waals surface area contributed by atoms with E-state index in [4.69, 9.17) is 9.72 Å². The van der Waals surface area contributed by atoms with Crippen LogP contribution in [0.4, 0.5) is 5.69 Å². The fraction of sp³-hybridized carbons (Fsp3) is 0.120. The topological polar surface area (TPSA) is 81.2 Å². The van der Waals surface area contributed by atoms with Gasteiger partial charge in [0.2, 0.25) is 0 Å². The fourth-order valence-electron chi connectivity index (χ4n) is 3.52. The number of benzene rings is 2. The van der Waals surface area contributed by atoms with Crippen molar-refractivity contribution in [3.63, 3.8) is 0 Å². The van der Waals surface area contributed by atoms with Crippen LogP contribution in [0.2, 0.25) is 0 Å². The average Bonchev–Trinajstić information content (AvgIpc) is 2.79. The van der Waals surface area contributed by atoms with Gasteiger partial charge >= 0.3 is 5.97 Å². The van der Waals surface area contributed by atoms with E-state index in [-0.39, 0.29) is 5.91 Å². The molecule has 0 fully saturated rings. The first-order valence-electron chi connectivity index (χ1n) is 9.79. The Morgan fingerprint density at radius 2 is 1.71 bits per heavy atom. The minimum atomic E-state index is -0.427. The second-order valence-electron chi connectivity index (χ2n) is 7.27. The normalized spacial score (nSPS) is 10.7. The number of esters is 1. The number of amides is 1. The lowest BCUT2D eigenvalue weighted by molar-refractivity contribution is 0.0600. The van der Waals surface area contributed by atoms with Crippen LogP contribution in [0.15, 0.2) is 66.9 Å². The zero-order valence-electron chi connectivity index (χ0n) is 17.5. The SMILES string of the molecule is COC(=O)c1ccc(NC(=O)c2cc(-c3ccccn3)nc3c(C)cc(C)cc23)cc1. The van der Waals surface area contributed by atoms with Crippen LogP contribution in [0.3, 0.4) is 0 Å². The highest BCUT2D eigenvalue weighted by Crippen LogP contribution is 2.28. The van der Waals surface area contributed by atoms with Gasteiger partial charge in [-0.05, 0) is 67.9 Å². The summed E-state index contributed by atoms with van der Waals surface area (Å²) >= 11 is 0. The number of carbonyl (C=O) groups excluding carboxylic acids is 2. The number of rotatable bonds is 4. The molecule has 1 N–H and O–H groups in total. The fourth-order valence-corrected chi connectivity index (χ4v) is 3.52. The van der Waals surface area contributed by atoms with Crippen molar-refractivity contribution in [2.45, 2.75) is 13.8 Å². The quantitative estimate of drug-likeness (QED) is 0.481. The molecule has 0 atom stereocenters. The van der Waals surface area contributed by atoms with Crippen molar-refractivity contribution in [2.24, 2.45) is 0 Å². The number of nitrogens with zero attached hydrogens (tertiary/aromatic N) is 2. The Labute approximate surface area is 179 Å². The van der Waals surface area contributed by atoms with Gasteiger partial charge in [0.05, 0.1) is 35.1 Å². The lowest BCUT2D eigenvalue weighted by Crippen LogP contribution is -2.14. The zero-order chi connectivity index (χ0) is 22.0. The summed E-state index contributed by atoms with van der Waals surface area (Å²) < 4.78 is 4.71. The predicted molar refractivity (Wildman–Crippen MR) is 120 cm³/mol. The first-order chi connectivity index (χ1) is 15.0. The molecule has 154 valence electrons. The van der Waals surface area contributed by atoms with Gasteiger partial charge in [-0.1, -0.05) is 17.7 Å². The van der Waals surface area contributed by atoms with Crippen LogP contribution in [0.5, 0.6) is 0 Å². The van der Waals surface area contributed by atoms with E-state index in [0.29, 0.717) is 28.2 Å². The highest BCUT2D eigenvalue weighted by atomic mass is 16.5. The zero-order valence-corrected chi connectivity index (χ0v) is 17.5. The lowest BCUT2D eigenvalue weighted by atomic mass is 10.00. The second kappa shape index (κ2) is 8.36. The molecular weight excluding hydrogens is 390 g/mol. The number of hydrogen-bond donors (Lipinski definition) is 1. The molecule has 1 amide bonds. The lowest BCUT2D eigenvalue weighted by Gasteiger charge is -2.13.